The number of rotatable bonds is 8. The maximum atomic E-state index is 12.0. The van der Waals surface area contributed by atoms with Crippen molar-refractivity contribution in [2.45, 2.75) is 77.4 Å². The molecule has 2 fully saturated rings. The molecule has 0 aromatic rings. The molecule has 158 valence electrons. The first kappa shape index (κ1) is 22.4. The SMILES string of the molecule is CCNC(=NCCOC1CCCCCC1)NC1CCN(S(=O)(=O)CC)CC1. The lowest BCUT2D eigenvalue weighted by Gasteiger charge is -2.32. The van der Waals surface area contributed by atoms with Gasteiger partial charge in [-0.2, -0.15) is 0 Å². The van der Waals surface area contributed by atoms with Crippen LogP contribution in [0, 0.1) is 0 Å². The van der Waals surface area contributed by atoms with E-state index in [0.717, 1.165) is 25.3 Å². The zero-order valence-electron chi connectivity index (χ0n) is 17.1. The van der Waals surface area contributed by atoms with Crippen molar-refractivity contribution >= 4 is 16.0 Å². The van der Waals surface area contributed by atoms with Gasteiger partial charge in [-0.05, 0) is 39.5 Å². The molecule has 0 amide bonds. The van der Waals surface area contributed by atoms with Crippen molar-refractivity contribution in [3.63, 3.8) is 0 Å². The molecule has 1 saturated carbocycles. The van der Waals surface area contributed by atoms with Gasteiger partial charge in [0.1, 0.15) is 0 Å². The Morgan fingerprint density at radius 1 is 1.07 bits per heavy atom. The average Bonchev–Trinajstić information content (AvgIpc) is 2.94. The topological polar surface area (TPSA) is 83.0 Å². The number of ether oxygens (including phenoxy) is 1. The van der Waals surface area contributed by atoms with Crippen LogP contribution in [0.15, 0.2) is 4.99 Å². The molecular formula is C19H38N4O3S. The molecule has 0 bridgehead atoms. The number of hydrogen-bond acceptors (Lipinski definition) is 4. The third-order valence-corrected chi connectivity index (χ3v) is 7.30. The molecule has 0 atom stereocenters. The van der Waals surface area contributed by atoms with E-state index in [4.69, 9.17) is 4.74 Å². The lowest BCUT2D eigenvalue weighted by Crippen LogP contribution is -2.50. The zero-order valence-corrected chi connectivity index (χ0v) is 17.9. The van der Waals surface area contributed by atoms with Gasteiger partial charge in [-0.3, -0.25) is 4.99 Å². The van der Waals surface area contributed by atoms with Gasteiger partial charge in [-0.1, -0.05) is 25.7 Å². The molecule has 7 nitrogen and oxygen atoms in total. The van der Waals surface area contributed by atoms with Crippen molar-refractivity contribution < 1.29 is 13.2 Å². The van der Waals surface area contributed by atoms with Crippen LogP contribution in [0.5, 0.6) is 0 Å². The molecule has 1 aliphatic carbocycles. The predicted octanol–water partition coefficient (Wildman–Crippen LogP) is 2.10. The average molecular weight is 403 g/mol. The van der Waals surface area contributed by atoms with E-state index in [0.29, 0.717) is 32.3 Å². The molecular weight excluding hydrogens is 364 g/mol. The highest BCUT2D eigenvalue weighted by Gasteiger charge is 2.27. The van der Waals surface area contributed by atoms with Crippen LogP contribution < -0.4 is 10.6 Å². The molecule has 2 rings (SSSR count). The van der Waals surface area contributed by atoms with Crippen LogP contribution in [0.25, 0.3) is 0 Å². The standard InChI is InChI=1S/C19H38N4O3S/c1-3-20-19(21-13-16-26-18-9-7-5-6-8-10-18)22-17-11-14-23(15-12-17)27(24,25)4-2/h17-18H,3-16H2,1-2H3,(H2,20,21,22). The van der Waals surface area contributed by atoms with Crippen LogP contribution in [0.1, 0.15) is 65.2 Å². The lowest BCUT2D eigenvalue weighted by atomic mass is 10.1. The summed E-state index contributed by atoms with van der Waals surface area (Å²) in [6.07, 6.45) is 9.63. The molecule has 0 radical (unpaired) electrons. The van der Waals surface area contributed by atoms with E-state index in [1.165, 1.54) is 38.5 Å². The maximum Gasteiger partial charge on any atom is 0.213 e. The molecule has 1 heterocycles. The molecule has 8 heteroatoms. The summed E-state index contributed by atoms with van der Waals surface area (Å²) in [6.45, 7) is 7.03. The fourth-order valence-corrected chi connectivity index (χ4v) is 4.89. The highest BCUT2D eigenvalue weighted by molar-refractivity contribution is 7.89. The van der Waals surface area contributed by atoms with E-state index in [9.17, 15) is 8.42 Å². The summed E-state index contributed by atoms with van der Waals surface area (Å²) >= 11 is 0. The Morgan fingerprint density at radius 3 is 2.33 bits per heavy atom. The van der Waals surface area contributed by atoms with Crippen molar-refractivity contribution in [2.24, 2.45) is 4.99 Å². The predicted molar refractivity (Wildman–Crippen MR) is 111 cm³/mol. The van der Waals surface area contributed by atoms with Gasteiger partial charge in [-0.25, -0.2) is 12.7 Å². The molecule has 0 aromatic carbocycles. The van der Waals surface area contributed by atoms with Crippen LogP contribution in [-0.2, 0) is 14.8 Å². The Morgan fingerprint density at radius 2 is 1.74 bits per heavy atom. The fraction of sp³-hybridized carbons (Fsp3) is 0.947. The number of sulfonamides is 1. The molecule has 2 aliphatic rings. The smallest absolute Gasteiger partial charge is 0.213 e. The van der Waals surface area contributed by atoms with Crippen LogP contribution >= 0.6 is 0 Å². The second-order valence-corrected chi connectivity index (χ2v) is 9.72. The zero-order chi connectivity index (χ0) is 19.5. The molecule has 0 aromatic heterocycles. The van der Waals surface area contributed by atoms with Crippen molar-refractivity contribution in [3.05, 3.63) is 0 Å². The number of hydrogen-bond donors (Lipinski definition) is 2. The minimum Gasteiger partial charge on any atom is -0.376 e. The van der Waals surface area contributed by atoms with Gasteiger partial charge in [-0.15, -0.1) is 0 Å². The number of nitrogens with zero attached hydrogens (tertiary/aromatic N) is 2. The molecule has 0 unspecified atom stereocenters. The third kappa shape index (κ3) is 7.95. The molecule has 27 heavy (non-hydrogen) atoms. The summed E-state index contributed by atoms with van der Waals surface area (Å²) in [6, 6.07) is 0.258. The number of guanidine groups is 1. The number of aliphatic imine (C=N–C) groups is 1. The Bertz CT molecular complexity index is 537. The Labute approximate surface area is 165 Å². The number of nitrogens with one attached hydrogen (secondary N) is 2. The van der Waals surface area contributed by atoms with Crippen LogP contribution in [-0.4, -0.2) is 69.4 Å². The van der Waals surface area contributed by atoms with Crippen LogP contribution in [0.4, 0.5) is 0 Å². The first-order valence-corrected chi connectivity index (χ1v) is 12.3. The van der Waals surface area contributed by atoms with Gasteiger partial charge in [0.2, 0.25) is 10.0 Å². The van der Waals surface area contributed by atoms with Gasteiger partial charge in [0.15, 0.2) is 5.96 Å². The third-order valence-electron chi connectivity index (χ3n) is 5.41. The minimum absolute atomic E-state index is 0.177. The highest BCUT2D eigenvalue weighted by Crippen LogP contribution is 2.19. The highest BCUT2D eigenvalue weighted by atomic mass is 32.2. The first-order chi connectivity index (χ1) is 13.0. The Kier molecular flexibility index (Phi) is 9.86. The molecule has 0 spiro atoms. The van der Waals surface area contributed by atoms with E-state index in [2.05, 4.69) is 22.5 Å². The van der Waals surface area contributed by atoms with Crippen molar-refractivity contribution in [2.75, 3.05) is 38.5 Å². The largest absolute Gasteiger partial charge is 0.376 e. The van der Waals surface area contributed by atoms with Gasteiger partial charge < -0.3 is 15.4 Å². The quantitative estimate of drug-likeness (QED) is 0.281. The summed E-state index contributed by atoms with van der Waals surface area (Å²) in [7, 11) is -3.07. The summed E-state index contributed by atoms with van der Waals surface area (Å²) in [5, 5.41) is 6.74. The molecule has 1 saturated heterocycles. The van der Waals surface area contributed by atoms with Crippen molar-refractivity contribution in [3.8, 4) is 0 Å². The second kappa shape index (κ2) is 11.9. The van der Waals surface area contributed by atoms with Crippen LogP contribution in [0.3, 0.4) is 0 Å². The van der Waals surface area contributed by atoms with Gasteiger partial charge in [0, 0.05) is 25.7 Å². The monoisotopic (exact) mass is 402 g/mol. The molecule has 1 aliphatic heterocycles. The Balaban J connectivity index is 1.73. The maximum absolute atomic E-state index is 12.0. The van der Waals surface area contributed by atoms with Gasteiger partial charge in [0.25, 0.3) is 0 Å². The first-order valence-electron chi connectivity index (χ1n) is 10.7. The minimum atomic E-state index is -3.07. The van der Waals surface area contributed by atoms with Crippen molar-refractivity contribution in [1.82, 2.24) is 14.9 Å². The summed E-state index contributed by atoms with van der Waals surface area (Å²) in [5.41, 5.74) is 0. The lowest BCUT2D eigenvalue weighted by molar-refractivity contribution is 0.0487. The van der Waals surface area contributed by atoms with E-state index in [1.54, 1.807) is 11.2 Å². The van der Waals surface area contributed by atoms with E-state index < -0.39 is 10.0 Å². The Hall–Kier alpha value is -0.860. The van der Waals surface area contributed by atoms with E-state index in [-0.39, 0.29) is 11.8 Å². The van der Waals surface area contributed by atoms with E-state index >= 15 is 0 Å². The second-order valence-electron chi connectivity index (χ2n) is 7.46. The summed E-state index contributed by atoms with van der Waals surface area (Å²) < 4.78 is 31.6. The number of piperidine rings is 1. The van der Waals surface area contributed by atoms with Gasteiger partial charge in [0.05, 0.1) is 25.0 Å². The normalized spacial score (nSPS) is 21.8. The molecule has 2 N–H and O–H groups in total. The van der Waals surface area contributed by atoms with Crippen molar-refractivity contribution in [1.29, 1.82) is 0 Å². The van der Waals surface area contributed by atoms with Crippen LogP contribution in [0.2, 0.25) is 0 Å². The van der Waals surface area contributed by atoms with E-state index in [1.807, 2.05) is 0 Å². The summed E-state index contributed by atoms with van der Waals surface area (Å²) in [4.78, 5) is 4.64. The van der Waals surface area contributed by atoms with Gasteiger partial charge >= 0.3 is 0 Å². The fourth-order valence-electron chi connectivity index (χ4n) is 3.76. The summed E-state index contributed by atoms with van der Waals surface area (Å²) in [5.74, 6) is 0.981.